The number of carbonyl (C=O) groups is 2. The smallest absolute Gasteiger partial charge is 0.254 e. The molecule has 2 N–H and O–H groups in total. The summed E-state index contributed by atoms with van der Waals surface area (Å²) in [6.07, 6.45) is 7.11. The average molecular weight is 592 g/mol. The highest BCUT2D eigenvalue weighted by Gasteiger charge is 2.30. The quantitative estimate of drug-likeness (QED) is 0.501. The van der Waals surface area contributed by atoms with Crippen molar-refractivity contribution in [1.29, 1.82) is 0 Å². The summed E-state index contributed by atoms with van der Waals surface area (Å²) in [5.41, 5.74) is 2.97. The Bertz CT molecular complexity index is 1280. The summed E-state index contributed by atoms with van der Waals surface area (Å²) in [4.78, 5) is 32.8. The van der Waals surface area contributed by atoms with E-state index in [1.165, 1.54) is 37.0 Å². The van der Waals surface area contributed by atoms with Gasteiger partial charge in [-0.2, -0.15) is 0 Å². The number of nitrogens with zero attached hydrogens (tertiary/aromatic N) is 3. The fraction of sp³-hybridized carbons (Fsp3) is 0.588. The van der Waals surface area contributed by atoms with Crippen LogP contribution < -0.4 is 20.3 Å². The second-order valence-electron chi connectivity index (χ2n) is 12.6. The van der Waals surface area contributed by atoms with E-state index in [1.54, 1.807) is 11.0 Å². The van der Waals surface area contributed by atoms with Gasteiger partial charge in [-0.05, 0) is 92.4 Å². The van der Waals surface area contributed by atoms with Crippen molar-refractivity contribution in [3.8, 4) is 5.75 Å². The normalized spacial score (nSPS) is 24.7. The standard InChI is InChI=1S/C34H46FN5O3/c1-2-24-3-5-25(6-4-24)31-21-26(7-8-32(31)43-30-9-10-37-23-30)33(41)39-15-17-40(18-16-39)34(42)27-19-28(35)22-29(20-27)38-13-11-36-12-14-38/h7-8,19-22,24-25,30,36-37H,2-6,9-18,23H2,1H3/t24?,25?,30-/m0/s1. The van der Waals surface area contributed by atoms with Crippen LogP contribution in [0.1, 0.15) is 77.6 Å². The molecule has 0 bridgehead atoms. The lowest BCUT2D eigenvalue weighted by molar-refractivity contribution is 0.0535. The zero-order valence-corrected chi connectivity index (χ0v) is 25.5. The third-order valence-corrected chi connectivity index (χ3v) is 9.90. The highest BCUT2D eigenvalue weighted by Crippen LogP contribution is 2.41. The second kappa shape index (κ2) is 13.6. The van der Waals surface area contributed by atoms with Crippen LogP contribution in [0.3, 0.4) is 0 Å². The first kappa shape index (κ1) is 29.9. The number of hydrogen-bond acceptors (Lipinski definition) is 6. The number of hydrogen-bond donors (Lipinski definition) is 2. The molecule has 3 aliphatic heterocycles. The third-order valence-electron chi connectivity index (χ3n) is 9.90. The van der Waals surface area contributed by atoms with Gasteiger partial charge in [0.25, 0.3) is 11.8 Å². The van der Waals surface area contributed by atoms with Gasteiger partial charge in [0.1, 0.15) is 17.7 Å². The molecule has 2 aromatic carbocycles. The number of piperazine rings is 2. The van der Waals surface area contributed by atoms with Gasteiger partial charge in [-0.15, -0.1) is 0 Å². The Morgan fingerprint density at radius 2 is 1.51 bits per heavy atom. The Labute approximate surface area is 254 Å². The zero-order chi connectivity index (χ0) is 29.8. The first-order valence-electron chi connectivity index (χ1n) is 16.3. The van der Waals surface area contributed by atoms with Gasteiger partial charge in [0.05, 0.1) is 0 Å². The molecule has 0 aromatic heterocycles. The van der Waals surface area contributed by atoms with E-state index in [4.69, 9.17) is 4.74 Å². The first-order valence-corrected chi connectivity index (χ1v) is 16.3. The fourth-order valence-electron chi connectivity index (χ4n) is 7.18. The van der Waals surface area contributed by atoms with Crippen molar-refractivity contribution in [2.75, 3.05) is 70.3 Å². The highest BCUT2D eigenvalue weighted by atomic mass is 19.1. The Kier molecular flexibility index (Phi) is 9.48. The van der Waals surface area contributed by atoms with Crippen molar-refractivity contribution in [3.05, 3.63) is 58.9 Å². The van der Waals surface area contributed by atoms with Crippen molar-refractivity contribution in [1.82, 2.24) is 20.4 Å². The summed E-state index contributed by atoms with van der Waals surface area (Å²) >= 11 is 0. The van der Waals surface area contributed by atoms with Gasteiger partial charge >= 0.3 is 0 Å². The molecule has 1 saturated carbocycles. The number of anilines is 1. The summed E-state index contributed by atoms with van der Waals surface area (Å²) in [5, 5.41) is 6.69. The molecular formula is C34H46FN5O3. The minimum absolute atomic E-state index is 0.00331. The maximum absolute atomic E-state index is 14.5. The third kappa shape index (κ3) is 6.99. The molecule has 43 heavy (non-hydrogen) atoms. The Balaban J connectivity index is 1.12. The van der Waals surface area contributed by atoms with E-state index in [9.17, 15) is 14.0 Å². The number of benzene rings is 2. The molecule has 1 atom stereocenters. The summed E-state index contributed by atoms with van der Waals surface area (Å²) in [6.45, 7) is 9.11. The van der Waals surface area contributed by atoms with Crippen LogP contribution in [0.15, 0.2) is 36.4 Å². The van der Waals surface area contributed by atoms with Crippen LogP contribution in [-0.4, -0.2) is 93.2 Å². The molecule has 3 saturated heterocycles. The molecule has 1 aliphatic carbocycles. The number of ether oxygens (including phenoxy) is 1. The number of halogens is 1. The average Bonchev–Trinajstić information content (AvgIpc) is 3.58. The predicted octanol–water partition coefficient (Wildman–Crippen LogP) is 4.26. The van der Waals surface area contributed by atoms with E-state index in [0.29, 0.717) is 43.2 Å². The van der Waals surface area contributed by atoms with Crippen LogP contribution >= 0.6 is 0 Å². The van der Waals surface area contributed by atoms with Crippen LogP contribution in [0.2, 0.25) is 0 Å². The van der Waals surface area contributed by atoms with Gasteiger partial charge in [0.15, 0.2) is 0 Å². The Morgan fingerprint density at radius 1 is 0.814 bits per heavy atom. The molecule has 4 fully saturated rings. The predicted molar refractivity (Wildman–Crippen MR) is 167 cm³/mol. The molecule has 3 heterocycles. The van der Waals surface area contributed by atoms with Crippen molar-refractivity contribution in [3.63, 3.8) is 0 Å². The lowest BCUT2D eigenvalue weighted by Gasteiger charge is -2.35. The molecule has 0 unspecified atom stereocenters. The van der Waals surface area contributed by atoms with Gasteiger partial charge in [-0.3, -0.25) is 9.59 Å². The SMILES string of the molecule is CCC1CCC(c2cc(C(=O)N3CCN(C(=O)c4cc(F)cc(N5CCNCC5)c4)CC3)ccc2O[C@H]2CCNC2)CC1. The summed E-state index contributed by atoms with van der Waals surface area (Å²) in [6, 6.07) is 10.6. The monoisotopic (exact) mass is 591 g/mol. The van der Waals surface area contributed by atoms with Crippen molar-refractivity contribution < 1.29 is 18.7 Å². The summed E-state index contributed by atoms with van der Waals surface area (Å²) in [5.74, 6) is 1.54. The van der Waals surface area contributed by atoms with Gasteiger partial charge < -0.3 is 30.1 Å². The van der Waals surface area contributed by atoms with Gasteiger partial charge in [-0.25, -0.2) is 4.39 Å². The number of amides is 2. The molecule has 4 aliphatic rings. The molecule has 6 rings (SSSR count). The van der Waals surface area contributed by atoms with E-state index in [2.05, 4.69) is 28.5 Å². The van der Waals surface area contributed by atoms with Crippen LogP contribution in [0.4, 0.5) is 10.1 Å². The molecule has 232 valence electrons. The van der Waals surface area contributed by atoms with Gasteiger partial charge in [0.2, 0.25) is 0 Å². The molecule has 2 amide bonds. The summed E-state index contributed by atoms with van der Waals surface area (Å²) < 4.78 is 21.0. The molecule has 0 radical (unpaired) electrons. The maximum Gasteiger partial charge on any atom is 0.254 e. The Hall–Kier alpha value is -3.17. The minimum atomic E-state index is -0.399. The second-order valence-corrected chi connectivity index (χ2v) is 12.6. The lowest BCUT2D eigenvalue weighted by atomic mass is 9.77. The maximum atomic E-state index is 14.5. The van der Waals surface area contributed by atoms with E-state index < -0.39 is 5.82 Å². The van der Waals surface area contributed by atoms with Gasteiger partial charge in [0, 0.05) is 75.7 Å². The van der Waals surface area contributed by atoms with Crippen LogP contribution in [0.25, 0.3) is 0 Å². The molecule has 0 spiro atoms. The molecule has 9 heteroatoms. The largest absolute Gasteiger partial charge is 0.489 e. The minimum Gasteiger partial charge on any atom is -0.489 e. The van der Waals surface area contributed by atoms with Crippen LogP contribution in [0.5, 0.6) is 5.75 Å². The topological polar surface area (TPSA) is 77.2 Å². The zero-order valence-electron chi connectivity index (χ0n) is 25.5. The van der Waals surface area contributed by atoms with E-state index in [-0.39, 0.29) is 17.9 Å². The summed E-state index contributed by atoms with van der Waals surface area (Å²) in [7, 11) is 0. The van der Waals surface area contributed by atoms with Crippen molar-refractivity contribution >= 4 is 17.5 Å². The van der Waals surface area contributed by atoms with Crippen molar-refractivity contribution in [2.24, 2.45) is 5.92 Å². The lowest BCUT2D eigenvalue weighted by Crippen LogP contribution is -2.50. The molecule has 2 aromatic rings. The van der Waals surface area contributed by atoms with E-state index in [0.717, 1.165) is 75.9 Å². The Morgan fingerprint density at radius 3 is 2.16 bits per heavy atom. The van der Waals surface area contributed by atoms with E-state index in [1.807, 2.05) is 17.0 Å². The first-order chi connectivity index (χ1) is 21.0. The van der Waals surface area contributed by atoms with Crippen molar-refractivity contribution in [2.45, 2.75) is 57.5 Å². The number of nitrogens with one attached hydrogen (secondary N) is 2. The number of carbonyl (C=O) groups excluding carboxylic acids is 2. The van der Waals surface area contributed by atoms with E-state index >= 15 is 0 Å². The molecule has 8 nitrogen and oxygen atoms in total. The van der Waals surface area contributed by atoms with Crippen LogP contribution in [-0.2, 0) is 0 Å². The number of rotatable bonds is 7. The van der Waals surface area contributed by atoms with Crippen LogP contribution in [0, 0.1) is 11.7 Å². The highest BCUT2D eigenvalue weighted by molar-refractivity contribution is 5.96. The molecular weight excluding hydrogens is 545 g/mol. The fourth-order valence-corrected chi connectivity index (χ4v) is 7.18. The van der Waals surface area contributed by atoms with Gasteiger partial charge in [-0.1, -0.05) is 13.3 Å².